The van der Waals surface area contributed by atoms with E-state index < -0.39 is 10.0 Å². The summed E-state index contributed by atoms with van der Waals surface area (Å²) in [7, 11) is -2.51. The normalized spacial score (nSPS) is 11.2. The number of nitrogens with zero attached hydrogens (tertiary/aromatic N) is 2. The first-order valence-corrected chi connectivity index (χ1v) is 9.99. The molecule has 0 fully saturated rings. The zero-order valence-electron chi connectivity index (χ0n) is 14.8. The second kappa shape index (κ2) is 8.01. The maximum atomic E-state index is 12.3. The van der Waals surface area contributed by atoms with Gasteiger partial charge in [-0.2, -0.15) is 5.10 Å². The molecule has 0 aliphatic rings. The lowest BCUT2D eigenvalue weighted by Crippen LogP contribution is -2.18. The number of hydrogen-bond donors (Lipinski definition) is 2. The van der Waals surface area contributed by atoms with Crippen molar-refractivity contribution in [3.63, 3.8) is 0 Å². The number of methoxy groups -OCH3 is 1. The van der Waals surface area contributed by atoms with Gasteiger partial charge in [-0.25, -0.2) is 18.2 Å². The van der Waals surface area contributed by atoms with Crippen LogP contribution in [0, 0.1) is 0 Å². The van der Waals surface area contributed by atoms with Gasteiger partial charge in [0.2, 0.25) is 15.9 Å². The van der Waals surface area contributed by atoms with Crippen LogP contribution in [0.4, 0.5) is 5.69 Å². The number of nitrogens with one attached hydrogen (secondary N) is 1. The summed E-state index contributed by atoms with van der Waals surface area (Å²) >= 11 is 5.84. The van der Waals surface area contributed by atoms with Crippen LogP contribution in [0.25, 0.3) is 5.69 Å². The third-order valence-corrected chi connectivity index (χ3v) is 5.01. The predicted molar refractivity (Wildman–Crippen MR) is 105 cm³/mol. The Hall–Kier alpha value is -2.88. The van der Waals surface area contributed by atoms with Gasteiger partial charge in [0.15, 0.2) is 0 Å². The molecule has 0 saturated carbocycles. The summed E-state index contributed by atoms with van der Waals surface area (Å²) in [6.45, 7) is 0. The molecule has 1 amide bonds. The number of halogens is 1. The van der Waals surface area contributed by atoms with Crippen LogP contribution in [0.3, 0.4) is 0 Å². The van der Waals surface area contributed by atoms with Crippen LogP contribution < -0.4 is 15.2 Å². The van der Waals surface area contributed by atoms with Crippen molar-refractivity contribution < 1.29 is 17.9 Å². The van der Waals surface area contributed by atoms with E-state index in [-0.39, 0.29) is 22.9 Å². The number of hydrogen-bond acceptors (Lipinski definition) is 5. The summed E-state index contributed by atoms with van der Waals surface area (Å²) in [6, 6.07) is 11.4. The summed E-state index contributed by atoms with van der Waals surface area (Å²) in [5.74, 6) is 0.386. The summed E-state index contributed by atoms with van der Waals surface area (Å²) in [6.07, 6.45) is 2.94. The molecule has 0 bridgehead atoms. The topological polar surface area (TPSA) is 116 Å². The number of primary sulfonamides is 1. The lowest BCUT2D eigenvalue weighted by molar-refractivity contribution is -0.115. The highest BCUT2D eigenvalue weighted by atomic mass is 35.5. The van der Waals surface area contributed by atoms with Gasteiger partial charge < -0.3 is 10.1 Å². The zero-order chi connectivity index (χ0) is 20.3. The van der Waals surface area contributed by atoms with E-state index in [0.717, 1.165) is 5.56 Å². The Kier molecular flexibility index (Phi) is 5.68. The molecular formula is C18H17ClN4O4S. The van der Waals surface area contributed by atoms with Crippen molar-refractivity contribution >= 4 is 33.2 Å². The van der Waals surface area contributed by atoms with Gasteiger partial charge >= 0.3 is 0 Å². The first-order chi connectivity index (χ1) is 13.3. The summed E-state index contributed by atoms with van der Waals surface area (Å²) < 4.78 is 30.4. The SMILES string of the molecule is COc1ccc(CC(=O)Nc2ccc(-n3cc(Cl)cn3)c(S(N)(=O)=O)c2)cc1. The molecule has 0 spiro atoms. The number of nitrogens with two attached hydrogens (primary N) is 1. The molecule has 1 aromatic heterocycles. The van der Waals surface area contributed by atoms with Crippen molar-refractivity contribution in [1.29, 1.82) is 0 Å². The van der Waals surface area contributed by atoms with Crippen LogP contribution in [0.2, 0.25) is 5.02 Å². The van der Waals surface area contributed by atoms with E-state index in [1.807, 2.05) is 0 Å². The maximum absolute atomic E-state index is 12.3. The van der Waals surface area contributed by atoms with Crippen molar-refractivity contribution in [3.8, 4) is 11.4 Å². The third kappa shape index (κ3) is 4.69. The first-order valence-electron chi connectivity index (χ1n) is 8.06. The number of anilines is 1. The molecule has 146 valence electrons. The molecule has 8 nitrogen and oxygen atoms in total. The molecule has 3 N–H and O–H groups in total. The fraction of sp³-hybridized carbons (Fsp3) is 0.111. The van der Waals surface area contributed by atoms with Crippen molar-refractivity contribution in [3.05, 3.63) is 65.4 Å². The lowest BCUT2D eigenvalue weighted by atomic mass is 10.1. The average Bonchev–Trinajstić information content (AvgIpc) is 3.08. The molecule has 0 unspecified atom stereocenters. The molecule has 3 rings (SSSR count). The van der Waals surface area contributed by atoms with Crippen molar-refractivity contribution in [1.82, 2.24) is 9.78 Å². The minimum atomic E-state index is -4.07. The molecule has 28 heavy (non-hydrogen) atoms. The number of sulfonamides is 1. The van der Waals surface area contributed by atoms with Gasteiger partial charge in [0, 0.05) is 11.9 Å². The number of carbonyl (C=O) groups excluding carboxylic acids is 1. The molecule has 10 heteroatoms. The van der Waals surface area contributed by atoms with Gasteiger partial charge in [-0.15, -0.1) is 0 Å². The highest BCUT2D eigenvalue weighted by Crippen LogP contribution is 2.24. The van der Waals surface area contributed by atoms with Crippen LogP contribution in [-0.4, -0.2) is 31.2 Å². The van der Waals surface area contributed by atoms with Crippen molar-refractivity contribution in [2.75, 3.05) is 12.4 Å². The summed E-state index contributed by atoms with van der Waals surface area (Å²) in [5, 5.41) is 12.3. The van der Waals surface area contributed by atoms with E-state index in [2.05, 4.69) is 10.4 Å². The molecule has 0 saturated heterocycles. The highest BCUT2D eigenvalue weighted by molar-refractivity contribution is 7.89. The Balaban J connectivity index is 1.83. The monoisotopic (exact) mass is 420 g/mol. The summed E-state index contributed by atoms with van der Waals surface area (Å²) in [5.41, 5.74) is 1.31. The molecule has 0 aliphatic carbocycles. The first kappa shape index (κ1) is 19.9. The smallest absolute Gasteiger partial charge is 0.240 e. The Labute approximate surface area is 166 Å². The van der Waals surface area contributed by atoms with E-state index in [4.69, 9.17) is 21.5 Å². The standard InChI is InChI=1S/C18H17ClN4O4S/c1-27-15-5-2-12(3-6-15)8-18(24)22-14-4-7-16(17(9-14)28(20,25)26)23-11-13(19)10-21-23/h2-7,9-11H,8H2,1H3,(H,22,24)(H2,20,25,26). The fourth-order valence-corrected chi connectivity index (χ4v) is 3.46. The lowest BCUT2D eigenvalue weighted by Gasteiger charge is -2.11. The average molecular weight is 421 g/mol. The maximum Gasteiger partial charge on any atom is 0.240 e. The van der Waals surface area contributed by atoms with E-state index in [1.54, 1.807) is 37.4 Å². The number of aromatic nitrogens is 2. The second-order valence-corrected chi connectivity index (χ2v) is 7.87. The Bertz CT molecular complexity index is 1110. The van der Waals surface area contributed by atoms with Crippen molar-refractivity contribution in [2.24, 2.45) is 5.14 Å². The minimum Gasteiger partial charge on any atom is -0.497 e. The molecular weight excluding hydrogens is 404 g/mol. The van der Waals surface area contributed by atoms with E-state index in [9.17, 15) is 13.2 Å². The van der Waals surface area contributed by atoms with Crippen LogP contribution in [-0.2, 0) is 21.2 Å². The van der Waals surface area contributed by atoms with Crippen LogP contribution in [0.1, 0.15) is 5.56 Å². The zero-order valence-corrected chi connectivity index (χ0v) is 16.4. The Morgan fingerprint density at radius 3 is 2.54 bits per heavy atom. The van der Waals surface area contributed by atoms with Crippen molar-refractivity contribution in [2.45, 2.75) is 11.3 Å². The molecule has 2 aromatic carbocycles. The fourth-order valence-electron chi connectivity index (χ4n) is 2.58. The number of ether oxygens (including phenoxy) is 1. The number of carbonyl (C=O) groups is 1. The van der Waals surface area contributed by atoms with Gasteiger partial charge in [0.05, 0.1) is 30.4 Å². The molecule has 0 radical (unpaired) electrons. The number of rotatable bonds is 6. The molecule has 3 aromatic rings. The van der Waals surface area contributed by atoms with Crippen LogP contribution in [0.15, 0.2) is 59.8 Å². The van der Waals surface area contributed by atoms with Crippen LogP contribution >= 0.6 is 11.6 Å². The van der Waals surface area contributed by atoms with Gasteiger partial charge in [0.25, 0.3) is 0 Å². The Morgan fingerprint density at radius 2 is 1.96 bits per heavy atom. The number of amides is 1. The minimum absolute atomic E-state index is 0.116. The molecule has 0 atom stereocenters. The van der Waals surface area contributed by atoms with Gasteiger partial charge in [-0.3, -0.25) is 4.79 Å². The second-order valence-electron chi connectivity index (χ2n) is 5.90. The largest absolute Gasteiger partial charge is 0.497 e. The summed E-state index contributed by atoms with van der Waals surface area (Å²) in [4.78, 5) is 12.1. The van der Waals surface area contributed by atoms with Crippen LogP contribution in [0.5, 0.6) is 5.75 Å². The molecule has 1 heterocycles. The highest BCUT2D eigenvalue weighted by Gasteiger charge is 2.18. The van der Waals surface area contributed by atoms with Gasteiger partial charge in [-0.05, 0) is 35.9 Å². The van der Waals surface area contributed by atoms with E-state index in [0.29, 0.717) is 16.5 Å². The quantitative estimate of drug-likeness (QED) is 0.635. The number of benzene rings is 2. The predicted octanol–water partition coefficient (Wildman–Crippen LogP) is 2.36. The van der Waals surface area contributed by atoms with Gasteiger partial charge in [-0.1, -0.05) is 23.7 Å². The third-order valence-electron chi connectivity index (χ3n) is 3.87. The van der Waals surface area contributed by atoms with E-state index in [1.165, 1.54) is 29.2 Å². The Morgan fingerprint density at radius 1 is 1.25 bits per heavy atom. The molecule has 0 aliphatic heterocycles. The van der Waals surface area contributed by atoms with Gasteiger partial charge in [0.1, 0.15) is 10.6 Å². The van der Waals surface area contributed by atoms with E-state index >= 15 is 0 Å².